The highest BCUT2D eigenvalue weighted by molar-refractivity contribution is 5.95. The number of nitrogens with one attached hydrogen (secondary N) is 4. The van der Waals surface area contributed by atoms with Crippen LogP contribution in [0.15, 0.2) is 115 Å². The molecule has 6 rings (SSSR count). The van der Waals surface area contributed by atoms with Gasteiger partial charge in [-0.3, -0.25) is 14.4 Å². The van der Waals surface area contributed by atoms with Crippen molar-refractivity contribution in [2.24, 2.45) is 0 Å². The van der Waals surface area contributed by atoms with Gasteiger partial charge in [-0.15, -0.1) is 0 Å². The number of H-pyrrole nitrogens is 1. The Morgan fingerprint density at radius 3 is 2.23 bits per heavy atom. The Morgan fingerprint density at radius 1 is 0.846 bits per heavy atom. The molecule has 10 nitrogen and oxygen atoms in total. The summed E-state index contributed by atoms with van der Waals surface area (Å²) in [7, 11) is 0. The third kappa shape index (κ3) is 9.25. The van der Waals surface area contributed by atoms with Gasteiger partial charge in [0.15, 0.2) is 0 Å². The second kappa shape index (κ2) is 17.4. The lowest BCUT2D eigenvalue weighted by Gasteiger charge is -2.33. The quantitative estimate of drug-likeness (QED) is 0.104. The van der Waals surface area contributed by atoms with Crippen LogP contribution in [-0.4, -0.2) is 52.3 Å². The summed E-state index contributed by atoms with van der Waals surface area (Å²) in [6.07, 6.45) is 1.36. The van der Waals surface area contributed by atoms with Gasteiger partial charge in [0, 0.05) is 29.6 Å². The topological polar surface area (TPSA) is 133 Å². The minimum absolute atomic E-state index is 0.130. The Balaban J connectivity index is 1.20. The first kappa shape index (κ1) is 35.9. The molecule has 268 valence electrons. The van der Waals surface area contributed by atoms with Crippen molar-refractivity contribution >= 4 is 34.7 Å². The number of nitrogens with zero attached hydrogens (tertiary/aromatic N) is 1. The normalized spacial score (nSPS) is 15.2. The molecule has 5 aromatic rings. The molecule has 0 spiro atoms. The highest BCUT2D eigenvalue weighted by Crippen LogP contribution is 2.30. The van der Waals surface area contributed by atoms with Gasteiger partial charge in [-0.2, -0.15) is 0 Å². The highest BCUT2D eigenvalue weighted by Gasteiger charge is 2.38. The van der Waals surface area contributed by atoms with Crippen molar-refractivity contribution in [2.75, 3.05) is 6.54 Å². The number of unbranched alkanes of at least 4 members (excludes halogenated alkanes) is 1. The molecule has 4 amide bonds. The Kier molecular flexibility index (Phi) is 12.0. The van der Waals surface area contributed by atoms with E-state index in [0.29, 0.717) is 32.2 Å². The minimum Gasteiger partial charge on any atom is -0.445 e. The van der Waals surface area contributed by atoms with Crippen LogP contribution >= 0.6 is 0 Å². The highest BCUT2D eigenvalue weighted by atomic mass is 16.5. The zero-order valence-electron chi connectivity index (χ0n) is 29.3. The number of para-hydroxylation sites is 1. The molecule has 0 fully saturated rings. The SMILES string of the molecule is C[C@H](NC(=O)[C@H](CCCCNC(=O)OCc1ccccc1)N1Cc2[nH]c3ccccc3c2C[C@@H](NC(=O)Cc2ccccc2)C1=O)c1ccccc1. The van der Waals surface area contributed by atoms with Crippen LogP contribution in [0.1, 0.15) is 60.2 Å². The van der Waals surface area contributed by atoms with Gasteiger partial charge in [-0.25, -0.2) is 4.79 Å². The zero-order valence-corrected chi connectivity index (χ0v) is 29.3. The molecule has 1 aromatic heterocycles. The van der Waals surface area contributed by atoms with E-state index in [1.807, 2.05) is 122 Å². The van der Waals surface area contributed by atoms with Crippen molar-refractivity contribution in [3.8, 4) is 0 Å². The van der Waals surface area contributed by atoms with E-state index >= 15 is 0 Å². The van der Waals surface area contributed by atoms with Gasteiger partial charge in [0.1, 0.15) is 18.7 Å². The van der Waals surface area contributed by atoms with Crippen molar-refractivity contribution in [1.29, 1.82) is 0 Å². The average Bonchev–Trinajstić information content (AvgIpc) is 3.45. The number of carbonyl (C=O) groups excluding carboxylic acids is 4. The summed E-state index contributed by atoms with van der Waals surface area (Å²) in [4.78, 5) is 59.6. The van der Waals surface area contributed by atoms with Gasteiger partial charge < -0.3 is 30.6 Å². The van der Waals surface area contributed by atoms with E-state index in [1.54, 1.807) is 4.90 Å². The number of benzene rings is 4. The maximum Gasteiger partial charge on any atom is 0.407 e. The number of rotatable bonds is 14. The molecule has 1 aliphatic rings. The van der Waals surface area contributed by atoms with Gasteiger partial charge >= 0.3 is 6.09 Å². The standard InChI is InChI=1S/C42H45N5O5/c1-29(32-19-9-4-10-20-32)44-40(49)38(23-13-14-24-43-42(51)52-28-31-17-7-3-8-18-31)47-27-37-34(33-21-11-12-22-35(33)45-37)26-36(41(47)50)46-39(48)25-30-15-5-2-6-16-30/h2-12,15-22,29,36,38,45H,13-14,23-28H2,1H3,(H,43,51)(H,44,49)(H,46,48)/t29-,36+,38-/m0/s1. The van der Waals surface area contributed by atoms with Gasteiger partial charge in [-0.05, 0) is 54.5 Å². The van der Waals surface area contributed by atoms with Crippen LogP contribution in [0.4, 0.5) is 4.79 Å². The summed E-state index contributed by atoms with van der Waals surface area (Å²) < 4.78 is 5.34. The minimum atomic E-state index is -0.875. The van der Waals surface area contributed by atoms with E-state index in [0.717, 1.165) is 38.9 Å². The van der Waals surface area contributed by atoms with Crippen LogP contribution in [0.2, 0.25) is 0 Å². The summed E-state index contributed by atoms with van der Waals surface area (Å²) in [6.45, 7) is 2.61. The van der Waals surface area contributed by atoms with E-state index < -0.39 is 18.2 Å². The van der Waals surface area contributed by atoms with Gasteiger partial charge in [0.2, 0.25) is 17.7 Å². The molecular formula is C42H45N5O5. The zero-order chi connectivity index (χ0) is 36.3. The lowest BCUT2D eigenvalue weighted by atomic mass is 10.0. The Hall–Kier alpha value is -5.90. The number of fused-ring (bicyclic) bond motifs is 3. The number of amides is 4. The summed E-state index contributed by atoms with van der Waals surface area (Å²) >= 11 is 0. The summed E-state index contributed by atoms with van der Waals surface area (Å²) in [5.74, 6) is -0.865. The molecule has 4 aromatic carbocycles. The first-order valence-corrected chi connectivity index (χ1v) is 17.9. The van der Waals surface area contributed by atoms with Gasteiger partial charge in [0.25, 0.3) is 0 Å². The fourth-order valence-corrected chi connectivity index (χ4v) is 6.76. The van der Waals surface area contributed by atoms with E-state index in [2.05, 4.69) is 20.9 Å². The second-order valence-electron chi connectivity index (χ2n) is 13.2. The van der Waals surface area contributed by atoms with Crippen LogP contribution in [-0.2, 0) is 45.1 Å². The molecule has 1 aliphatic heterocycles. The summed E-state index contributed by atoms with van der Waals surface area (Å²) in [5, 5.41) is 9.94. The number of ether oxygens (including phenoxy) is 1. The van der Waals surface area contributed by atoms with Crippen LogP contribution in [0, 0.1) is 0 Å². The molecule has 0 radical (unpaired) electrons. The monoisotopic (exact) mass is 699 g/mol. The number of carbonyl (C=O) groups is 4. The predicted octanol–water partition coefficient (Wildman–Crippen LogP) is 6.12. The van der Waals surface area contributed by atoms with Crippen molar-refractivity contribution in [3.05, 3.63) is 143 Å². The number of aromatic amines is 1. The van der Waals surface area contributed by atoms with Crippen LogP contribution in [0.25, 0.3) is 10.9 Å². The summed E-state index contributed by atoms with van der Waals surface area (Å²) in [6, 6.07) is 34.4. The molecule has 0 saturated heterocycles. The molecule has 52 heavy (non-hydrogen) atoms. The Morgan fingerprint density at radius 2 is 1.50 bits per heavy atom. The van der Waals surface area contributed by atoms with Crippen molar-refractivity contribution < 1.29 is 23.9 Å². The first-order chi connectivity index (χ1) is 25.4. The molecule has 0 unspecified atom stereocenters. The molecule has 0 bridgehead atoms. The van der Waals surface area contributed by atoms with Crippen LogP contribution in [0.3, 0.4) is 0 Å². The number of aromatic nitrogens is 1. The maximum atomic E-state index is 14.5. The largest absolute Gasteiger partial charge is 0.445 e. The van der Waals surface area contributed by atoms with Crippen LogP contribution in [0.5, 0.6) is 0 Å². The molecule has 3 atom stereocenters. The fraction of sp³-hybridized carbons (Fsp3) is 0.286. The molecule has 0 saturated carbocycles. The third-order valence-corrected chi connectivity index (χ3v) is 9.49. The van der Waals surface area contributed by atoms with E-state index in [-0.39, 0.29) is 43.3 Å². The lowest BCUT2D eigenvalue weighted by molar-refractivity contribution is -0.144. The average molecular weight is 700 g/mol. The number of alkyl carbamates (subject to hydrolysis) is 1. The van der Waals surface area contributed by atoms with Gasteiger partial charge in [0.05, 0.1) is 19.0 Å². The van der Waals surface area contributed by atoms with Gasteiger partial charge in [-0.1, -0.05) is 109 Å². The van der Waals surface area contributed by atoms with E-state index in [4.69, 9.17) is 4.74 Å². The Bertz CT molecular complexity index is 1960. The first-order valence-electron chi connectivity index (χ1n) is 17.9. The Labute approximate surface area is 303 Å². The second-order valence-corrected chi connectivity index (χ2v) is 13.2. The number of hydrogen-bond donors (Lipinski definition) is 4. The lowest BCUT2D eigenvalue weighted by Crippen LogP contribution is -2.55. The van der Waals surface area contributed by atoms with E-state index in [9.17, 15) is 19.2 Å². The molecule has 2 heterocycles. The third-order valence-electron chi connectivity index (χ3n) is 9.49. The summed E-state index contributed by atoms with van der Waals surface area (Å²) in [5.41, 5.74) is 5.40. The van der Waals surface area contributed by atoms with Crippen molar-refractivity contribution in [3.63, 3.8) is 0 Å². The molecule has 4 N–H and O–H groups in total. The van der Waals surface area contributed by atoms with E-state index in [1.165, 1.54) is 0 Å². The molecular weight excluding hydrogens is 654 g/mol. The fourth-order valence-electron chi connectivity index (χ4n) is 6.76. The molecule has 10 heteroatoms. The number of hydrogen-bond acceptors (Lipinski definition) is 5. The van der Waals surface area contributed by atoms with Crippen molar-refractivity contribution in [1.82, 2.24) is 25.8 Å². The smallest absolute Gasteiger partial charge is 0.407 e. The maximum absolute atomic E-state index is 14.5. The molecule has 0 aliphatic carbocycles. The van der Waals surface area contributed by atoms with Crippen LogP contribution < -0.4 is 16.0 Å². The predicted molar refractivity (Wildman–Crippen MR) is 200 cm³/mol. The van der Waals surface area contributed by atoms with Crippen molar-refractivity contribution in [2.45, 2.75) is 70.3 Å².